The first-order valence-corrected chi connectivity index (χ1v) is 14.3. The van der Waals surface area contributed by atoms with Crippen molar-refractivity contribution in [2.24, 2.45) is 0 Å². The van der Waals surface area contributed by atoms with Crippen LogP contribution < -0.4 is 0 Å². The van der Waals surface area contributed by atoms with E-state index in [1.54, 1.807) is 0 Å². The molecule has 2 nitrogen and oxygen atoms in total. The third-order valence-corrected chi connectivity index (χ3v) is 9.63. The van der Waals surface area contributed by atoms with E-state index in [0.29, 0.717) is 0 Å². The summed E-state index contributed by atoms with van der Waals surface area (Å²) in [5.74, 6) is 0. The predicted octanol–water partition coefficient (Wildman–Crippen LogP) is 9.98. The number of fused-ring (bicyclic) bond motifs is 10. The van der Waals surface area contributed by atoms with Crippen molar-refractivity contribution in [2.75, 3.05) is 0 Å². The number of hydrogen-bond donors (Lipinski definition) is 1. The lowest BCUT2D eigenvalue weighted by molar-refractivity contribution is 0.332. The molecule has 1 aliphatic carbocycles. The smallest absolute Gasteiger partial charge is 0.0574 e. The van der Waals surface area contributed by atoms with Gasteiger partial charge in [0, 0.05) is 44.5 Å². The van der Waals surface area contributed by atoms with E-state index < -0.39 is 0 Å². The Morgan fingerprint density at radius 2 is 1.36 bits per heavy atom. The van der Waals surface area contributed by atoms with Crippen LogP contribution in [0.25, 0.3) is 54.4 Å². The molecule has 0 amide bonds. The summed E-state index contributed by atoms with van der Waals surface area (Å²) in [5, 5.41) is 8.01. The van der Waals surface area contributed by atoms with Crippen LogP contribution in [-0.2, 0) is 17.4 Å². The minimum Gasteiger partial charge on any atom is -0.354 e. The molecule has 192 valence electrons. The van der Waals surface area contributed by atoms with Crippen molar-refractivity contribution in [3.63, 3.8) is 0 Å². The van der Waals surface area contributed by atoms with Gasteiger partial charge in [0.15, 0.2) is 0 Å². The van der Waals surface area contributed by atoms with E-state index in [-0.39, 0.29) is 10.8 Å². The second-order valence-corrected chi connectivity index (χ2v) is 13.0. The van der Waals surface area contributed by atoms with Crippen LogP contribution in [0.5, 0.6) is 0 Å². The quantitative estimate of drug-likeness (QED) is 0.241. The molecule has 0 saturated heterocycles. The van der Waals surface area contributed by atoms with Crippen molar-refractivity contribution in [2.45, 2.75) is 57.9 Å². The van der Waals surface area contributed by atoms with E-state index in [9.17, 15) is 0 Å². The monoisotopic (exact) mass is 506 g/mol. The van der Waals surface area contributed by atoms with Crippen LogP contribution in [0.4, 0.5) is 0 Å². The van der Waals surface area contributed by atoms with Gasteiger partial charge in [0.25, 0.3) is 0 Å². The lowest BCUT2D eigenvalue weighted by Crippen LogP contribution is -2.33. The fourth-order valence-electron chi connectivity index (χ4n) is 7.34. The fourth-order valence-corrected chi connectivity index (χ4v) is 7.34. The molecule has 0 aliphatic heterocycles. The molecular weight excluding hydrogens is 472 g/mol. The van der Waals surface area contributed by atoms with E-state index in [0.717, 1.165) is 6.54 Å². The van der Waals surface area contributed by atoms with Crippen molar-refractivity contribution in [3.05, 3.63) is 108 Å². The maximum absolute atomic E-state index is 3.84. The van der Waals surface area contributed by atoms with Gasteiger partial charge in [0.05, 0.1) is 11.0 Å². The predicted molar refractivity (Wildman–Crippen MR) is 167 cm³/mol. The van der Waals surface area contributed by atoms with Gasteiger partial charge >= 0.3 is 0 Å². The molecule has 7 aromatic rings. The largest absolute Gasteiger partial charge is 0.354 e. The van der Waals surface area contributed by atoms with Crippen LogP contribution in [-0.4, -0.2) is 9.55 Å². The summed E-state index contributed by atoms with van der Waals surface area (Å²) < 4.78 is 2.55. The van der Waals surface area contributed by atoms with Crippen LogP contribution in [0, 0.1) is 0 Å². The first-order valence-electron chi connectivity index (χ1n) is 14.3. The first-order chi connectivity index (χ1) is 18.8. The highest BCUT2D eigenvalue weighted by molar-refractivity contribution is 6.30. The zero-order chi connectivity index (χ0) is 26.5. The average Bonchev–Trinajstić information content (AvgIpc) is 3.46. The topological polar surface area (TPSA) is 20.7 Å². The average molecular weight is 507 g/mol. The molecule has 0 unspecified atom stereocenters. The Morgan fingerprint density at radius 1 is 0.641 bits per heavy atom. The lowest BCUT2D eigenvalue weighted by atomic mass is 9.63. The third kappa shape index (κ3) is 3.21. The molecule has 0 atom stereocenters. The molecule has 2 heterocycles. The summed E-state index contributed by atoms with van der Waals surface area (Å²) in [5.41, 5.74) is 9.82. The van der Waals surface area contributed by atoms with Gasteiger partial charge in [-0.15, -0.1) is 0 Å². The number of hydrogen-bond acceptors (Lipinski definition) is 0. The summed E-state index contributed by atoms with van der Waals surface area (Å²) in [6.07, 6.45) is 2.45. The summed E-state index contributed by atoms with van der Waals surface area (Å²) in [6.45, 7) is 10.5. The molecule has 2 aromatic heterocycles. The van der Waals surface area contributed by atoms with E-state index in [2.05, 4.69) is 128 Å². The van der Waals surface area contributed by atoms with Gasteiger partial charge in [-0.1, -0.05) is 94.4 Å². The van der Waals surface area contributed by atoms with Crippen molar-refractivity contribution < 1.29 is 0 Å². The van der Waals surface area contributed by atoms with Crippen LogP contribution in [0.3, 0.4) is 0 Å². The maximum atomic E-state index is 3.84. The van der Waals surface area contributed by atoms with Gasteiger partial charge in [-0.05, 0) is 70.0 Å². The molecule has 5 aromatic carbocycles. The number of rotatable bonds is 2. The molecule has 39 heavy (non-hydrogen) atoms. The van der Waals surface area contributed by atoms with Gasteiger partial charge in [0.1, 0.15) is 0 Å². The Labute approximate surface area is 229 Å². The highest BCUT2D eigenvalue weighted by Crippen LogP contribution is 2.49. The zero-order valence-electron chi connectivity index (χ0n) is 23.2. The Hall–Kier alpha value is -4.04. The van der Waals surface area contributed by atoms with Gasteiger partial charge in [-0.3, -0.25) is 0 Å². The highest BCUT2D eigenvalue weighted by atomic mass is 15.0. The van der Waals surface area contributed by atoms with Gasteiger partial charge in [0.2, 0.25) is 0 Å². The SMILES string of the molecule is CC1(C)CCC(C)(C)c2cc3c(cc21)[nH]c1ccc2c(c4ccc5ccccc5c4n2Cc2ccccc2)c13. The van der Waals surface area contributed by atoms with Gasteiger partial charge in [-0.2, -0.15) is 0 Å². The number of benzene rings is 5. The minimum atomic E-state index is 0.175. The second kappa shape index (κ2) is 7.76. The number of aromatic nitrogens is 2. The van der Waals surface area contributed by atoms with Crippen molar-refractivity contribution >= 4 is 54.4 Å². The van der Waals surface area contributed by atoms with E-state index in [1.807, 2.05) is 0 Å². The molecule has 0 fully saturated rings. The Balaban J connectivity index is 1.54. The normalized spacial score (nSPS) is 16.5. The lowest BCUT2D eigenvalue weighted by Gasteiger charge is -2.41. The summed E-state index contributed by atoms with van der Waals surface area (Å²) in [6, 6.07) is 34.0. The second-order valence-electron chi connectivity index (χ2n) is 13.0. The van der Waals surface area contributed by atoms with Crippen molar-refractivity contribution in [1.82, 2.24) is 9.55 Å². The molecule has 0 saturated carbocycles. The molecule has 0 bridgehead atoms. The molecule has 8 rings (SSSR count). The Kier molecular flexibility index (Phi) is 4.56. The van der Waals surface area contributed by atoms with Crippen LogP contribution in [0.2, 0.25) is 0 Å². The Bertz CT molecular complexity index is 2080. The molecule has 0 radical (unpaired) electrons. The first kappa shape index (κ1) is 22.9. The molecule has 1 N–H and O–H groups in total. The molecule has 1 aliphatic rings. The van der Waals surface area contributed by atoms with E-state index >= 15 is 0 Å². The number of nitrogens with one attached hydrogen (secondary N) is 1. The number of nitrogens with zero attached hydrogens (tertiary/aromatic N) is 1. The number of aromatic amines is 1. The highest BCUT2D eigenvalue weighted by Gasteiger charge is 2.37. The minimum absolute atomic E-state index is 0.175. The summed E-state index contributed by atoms with van der Waals surface area (Å²) >= 11 is 0. The summed E-state index contributed by atoms with van der Waals surface area (Å²) in [7, 11) is 0. The van der Waals surface area contributed by atoms with Crippen molar-refractivity contribution in [1.29, 1.82) is 0 Å². The zero-order valence-corrected chi connectivity index (χ0v) is 23.2. The maximum Gasteiger partial charge on any atom is 0.0574 e. The molecule has 2 heteroatoms. The van der Waals surface area contributed by atoms with Crippen LogP contribution in [0.15, 0.2) is 91.0 Å². The van der Waals surface area contributed by atoms with Gasteiger partial charge < -0.3 is 9.55 Å². The van der Waals surface area contributed by atoms with E-state index in [4.69, 9.17) is 0 Å². The standard InChI is InChI=1S/C37H34N2/c1-36(2)18-19-37(3,4)29-21-31-27(20-28(29)36)33-30(38-31)16-17-32-34(33)26-15-14-24-12-8-9-13-25(24)35(26)39(32)22-23-10-6-5-7-11-23/h5-17,20-21,38H,18-19,22H2,1-4H3. The Morgan fingerprint density at radius 3 is 2.15 bits per heavy atom. The summed E-state index contributed by atoms with van der Waals surface area (Å²) in [4.78, 5) is 3.84. The molecule has 0 spiro atoms. The molecular formula is C37H34N2. The van der Waals surface area contributed by atoms with Crippen LogP contribution in [0.1, 0.15) is 57.2 Å². The van der Waals surface area contributed by atoms with Crippen LogP contribution >= 0.6 is 0 Å². The van der Waals surface area contributed by atoms with E-state index in [1.165, 1.54) is 83.9 Å². The van der Waals surface area contributed by atoms with Gasteiger partial charge in [-0.25, -0.2) is 0 Å². The number of H-pyrrole nitrogens is 1. The third-order valence-electron chi connectivity index (χ3n) is 9.63. The fraction of sp³-hybridized carbons (Fsp3) is 0.243. The van der Waals surface area contributed by atoms with Crippen molar-refractivity contribution in [3.8, 4) is 0 Å².